The summed E-state index contributed by atoms with van der Waals surface area (Å²) >= 11 is 0. The molecule has 0 bridgehead atoms. The van der Waals surface area contributed by atoms with E-state index in [4.69, 9.17) is 9.47 Å². The molecule has 1 aromatic heterocycles. The molecule has 4 rings (SSSR count). The van der Waals surface area contributed by atoms with Gasteiger partial charge in [0.15, 0.2) is 0 Å². The first-order chi connectivity index (χ1) is 14.5. The van der Waals surface area contributed by atoms with Gasteiger partial charge >= 0.3 is 0 Å². The first kappa shape index (κ1) is 21.2. The maximum absolute atomic E-state index is 13.5. The summed E-state index contributed by atoms with van der Waals surface area (Å²) < 4.78 is 41.5. The lowest BCUT2D eigenvalue weighted by Gasteiger charge is -2.33. The molecule has 8 heteroatoms. The number of nitrogens with zero attached hydrogens (tertiary/aromatic N) is 3. The number of aryl methyl sites for hydroxylation is 1. The molecule has 2 heterocycles. The molecular formula is C22H31N3O4S. The summed E-state index contributed by atoms with van der Waals surface area (Å²) in [4.78, 5) is 0.270. The average molecular weight is 434 g/mol. The summed E-state index contributed by atoms with van der Waals surface area (Å²) in [5.41, 5.74) is 0.0694. The molecule has 1 atom stereocenters. The van der Waals surface area contributed by atoms with Crippen molar-refractivity contribution in [3.63, 3.8) is 0 Å². The zero-order valence-electron chi connectivity index (χ0n) is 17.8. The van der Waals surface area contributed by atoms with E-state index >= 15 is 0 Å². The fourth-order valence-electron chi connectivity index (χ4n) is 4.86. The molecule has 0 amide bonds. The molecule has 2 aromatic rings. The van der Waals surface area contributed by atoms with Crippen molar-refractivity contribution >= 4 is 10.0 Å². The zero-order chi connectivity index (χ0) is 21.2. The Morgan fingerprint density at radius 2 is 1.83 bits per heavy atom. The summed E-state index contributed by atoms with van der Waals surface area (Å²) in [6.45, 7) is 3.50. The minimum atomic E-state index is -3.62. The Morgan fingerprint density at radius 3 is 2.47 bits per heavy atom. The topological polar surface area (TPSA) is 73.7 Å². The predicted molar refractivity (Wildman–Crippen MR) is 114 cm³/mol. The van der Waals surface area contributed by atoms with E-state index in [2.05, 4.69) is 5.10 Å². The third-order valence-electron chi connectivity index (χ3n) is 6.52. The van der Waals surface area contributed by atoms with Crippen molar-refractivity contribution < 1.29 is 17.9 Å². The Bertz CT molecular complexity index is 949. The van der Waals surface area contributed by atoms with Crippen LogP contribution in [0.5, 0.6) is 11.5 Å². The van der Waals surface area contributed by atoms with Crippen molar-refractivity contribution in [2.75, 3.05) is 20.3 Å². The van der Waals surface area contributed by atoms with Crippen LogP contribution in [0.15, 0.2) is 41.6 Å². The highest BCUT2D eigenvalue weighted by Crippen LogP contribution is 2.47. The minimum absolute atomic E-state index is 0.0694. The smallest absolute Gasteiger partial charge is 0.246 e. The highest BCUT2D eigenvalue weighted by Gasteiger charge is 2.49. The van der Waals surface area contributed by atoms with Crippen molar-refractivity contribution in [2.24, 2.45) is 5.41 Å². The maximum atomic E-state index is 13.5. The van der Waals surface area contributed by atoms with E-state index in [-0.39, 0.29) is 16.4 Å². The highest BCUT2D eigenvalue weighted by molar-refractivity contribution is 7.89. The Labute approximate surface area is 179 Å². The summed E-state index contributed by atoms with van der Waals surface area (Å²) in [7, 11) is -1.99. The van der Waals surface area contributed by atoms with E-state index < -0.39 is 10.0 Å². The van der Waals surface area contributed by atoms with Crippen molar-refractivity contribution in [1.82, 2.24) is 14.1 Å². The van der Waals surface area contributed by atoms with Crippen LogP contribution in [0.1, 0.15) is 45.4 Å². The van der Waals surface area contributed by atoms with Crippen LogP contribution in [-0.4, -0.2) is 48.8 Å². The first-order valence-corrected chi connectivity index (χ1v) is 12.2. The SMILES string of the molecule is CCn1cc(S(=O)(=O)N2CC3(CCCCC3)CC2COc2ccc(OC)cc2)cn1. The van der Waals surface area contributed by atoms with Crippen LogP contribution in [0, 0.1) is 5.41 Å². The molecule has 2 fully saturated rings. The van der Waals surface area contributed by atoms with Gasteiger partial charge < -0.3 is 9.47 Å². The zero-order valence-corrected chi connectivity index (χ0v) is 18.6. The lowest BCUT2D eigenvalue weighted by molar-refractivity contribution is 0.200. The third-order valence-corrected chi connectivity index (χ3v) is 8.37. The van der Waals surface area contributed by atoms with Crippen molar-refractivity contribution in [1.29, 1.82) is 0 Å². The van der Waals surface area contributed by atoms with Crippen molar-refractivity contribution in [3.8, 4) is 11.5 Å². The van der Waals surface area contributed by atoms with Crippen LogP contribution in [0.3, 0.4) is 0 Å². The molecule has 7 nitrogen and oxygen atoms in total. The molecule has 1 unspecified atom stereocenters. The van der Waals surface area contributed by atoms with Crippen LogP contribution in [0.25, 0.3) is 0 Å². The van der Waals surface area contributed by atoms with E-state index in [0.29, 0.717) is 19.7 Å². The largest absolute Gasteiger partial charge is 0.497 e. The van der Waals surface area contributed by atoms with Crippen LogP contribution in [0.4, 0.5) is 0 Å². The second kappa shape index (κ2) is 8.59. The molecule has 0 radical (unpaired) electrons. The summed E-state index contributed by atoms with van der Waals surface area (Å²) in [6.07, 6.45) is 9.71. The quantitative estimate of drug-likeness (QED) is 0.666. The molecule has 0 N–H and O–H groups in total. The van der Waals surface area contributed by atoms with Gasteiger partial charge in [-0.2, -0.15) is 9.40 Å². The molecule has 1 aliphatic heterocycles. The molecule has 1 spiro atoms. The number of hydrogen-bond acceptors (Lipinski definition) is 5. The van der Waals surface area contributed by atoms with Crippen LogP contribution in [-0.2, 0) is 16.6 Å². The fraction of sp³-hybridized carbons (Fsp3) is 0.591. The van der Waals surface area contributed by atoms with E-state index in [1.165, 1.54) is 25.5 Å². The normalized spacial score (nSPS) is 21.7. The summed E-state index contributed by atoms with van der Waals surface area (Å²) in [5.74, 6) is 1.48. The molecule has 1 aromatic carbocycles. The second-order valence-electron chi connectivity index (χ2n) is 8.49. The Balaban J connectivity index is 1.56. The van der Waals surface area contributed by atoms with E-state index in [1.807, 2.05) is 31.2 Å². The number of benzene rings is 1. The van der Waals surface area contributed by atoms with Gasteiger partial charge in [0.1, 0.15) is 23.0 Å². The summed E-state index contributed by atoms with van der Waals surface area (Å²) in [6, 6.07) is 7.23. The number of hydrogen-bond donors (Lipinski definition) is 0. The highest BCUT2D eigenvalue weighted by atomic mass is 32.2. The van der Waals surface area contributed by atoms with Crippen LogP contribution < -0.4 is 9.47 Å². The Morgan fingerprint density at radius 1 is 1.13 bits per heavy atom. The summed E-state index contributed by atoms with van der Waals surface area (Å²) in [5, 5.41) is 4.18. The van der Waals surface area contributed by atoms with Crippen molar-refractivity contribution in [3.05, 3.63) is 36.7 Å². The van der Waals surface area contributed by atoms with E-state index in [1.54, 1.807) is 22.3 Å². The molecule has 1 saturated heterocycles. The predicted octanol–water partition coefficient (Wildman–Crippen LogP) is 3.70. The maximum Gasteiger partial charge on any atom is 0.246 e. The van der Waals surface area contributed by atoms with Gasteiger partial charge in [0.2, 0.25) is 10.0 Å². The van der Waals surface area contributed by atoms with Crippen LogP contribution >= 0.6 is 0 Å². The van der Waals surface area contributed by atoms with Gasteiger partial charge in [0.25, 0.3) is 0 Å². The van der Waals surface area contributed by atoms with Gasteiger partial charge in [0.05, 0.1) is 19.3 Å². The van der Waals surface area contributed by atoms with Gasteiger partial charge in [-0.1, -0.05) is 19.3 Å². The number of methoxy groups -OCH3 is 1. The number of rotatable bonds is 7. The Kier molecular flexibility index (Phi) is 6.06. The molecule has 1 saturated carbocycles. The third kappa shape index (κ3) is 4.21. The second-order valence-corrected chi connectivity index (χ2v) is 10.4. The number of aromatic nitrogens is 2. The van der Waals surface area contributed by atoms with Gasteiger partial charge in [-0.3, -0.25) is 4.68 Å². The fourth-order valence-corrected chi connectivity index (χ4v) is 6.54. The monoisotopic (exact) mass is 433 g/mol. The van der Waals surface area contributed by atoms with Gasteiger partial charge in [-0.25, -0.2) is 8.42 Å². The molecule has 1 aliphatic carbocycles. The van der Waals surface area contributed by atoms with Gasteiger partial charge in [-0.05, 0) is 55.9 Å². The molecule has 30 heavy (non-hydrogen) atoms. The van der Waals surface area contributed by atoms with E-state index in [0.717, 1.165) is 30.8 Å². The number of sulfonamides is 1. The lowest BCUT2D eigenvalue weighted by Crippen LogP contribution is -2.39. The minimum Gasteiger partial charge on any atom is -0.497 e. The van der Waals surface area contributed by atoms with Gasteiger partial charge in [0, 0.05) is 19.3 Å². The standard InChI is InChI=1S/C22H31N3O4S/c1-3-24-15-21(14-23-24)30(26,27)25-17-22(11-5-4-6-12-22)13-18(25)16-29-20-9-7-19(28-2)8-10-20/h7-10,14-15,18H,3-6,11-13,16-17H2,1-2H3. The Hall–Kier alpha value is -2.06. The molecular weight excluding hydrogens is 402 g/mol. The average Bonchev–Trinajstić information content (AvgIpc) is 3.39. The number of ether oxygens (including phenoxy) is 2. The lowest BCUT2D eigenvalue weighted by atomic mass is 9.73. The van der Waals surface area contributed by atoms with E-state index in [9.17, 15) is 8.42 Å². The molecule has 2 aliphatic rings. The molecule has 164 valence electrons. The van der Waals surface area contributed by atoms with Crippen LogP contribution in [0.2, 0.25) is 0 Å². The van der Waals surface area contributed by atoms with Gasteiger partial charge in [-0.15, -0.1) is 0 Å². The van der Waals surface area contributed by atoms with Crippen molar-refractivity contribution in [2.45, 2.75) is 62.9 Å². The first-order valence-electron chi connectivity index (χ1n) is 10.8.